The molecule has 0 unspecified atom stereocenters. The monoisotopic (exact) mass is 927 g/mol. The summed E-state index contributed by atoms with van der Waals surface area (Å²) >= 11 is 6.51. The highest BCUT2D eigenvalue weighted by molar-refractivity contribution is 6.32. The number of hydrogen-bond donors (Lipinski definition) is 0. The molecule has 0 bridgehead atoms. The smallest absolute Gasteiger partial charge is 0.343 e. The molecule has 0 N–H and O–H groups in total. The first-order valence-electron chi connectivity index (χ1n) is 24.1. The van der Waals surface area contributed by atoms with E-state index < -0.39 is 16.9 Å². The molecule has 0 atom stereocenters. The van der Waals surface area contributed by atoms with E-state index in [2.05, 4.69) is 13.8 Å². The Morgan fingerprint density at radius 2 is 0.896 bits per heavy atom. The third-order valence-electron chi connectivity index (χ3n) is 11.5. The molecule has 0 aliphatic carbocycles. The van der Waals surface area contributed by atoms with Gasteiger partial charge in [-0.1, -0.05) is 182 Å². The number of carbonyl (C=O) groups excluding carboxylic acids is 2. The first-order valence-corrected chi connectivity index (χ1v) is 24.5. The molecule has 9 nitrogen and oxygen atoms in total. The second-order valence-electron chi connectivity index (χ2n) is 16.9. The van der Waals surface area contributed by atoms with Gasteiger partial charge in [0.05, 0.1) is 34.3 Å². The van der Waals surface area contributed by atoms with Crippen LogP contribution >= 0.6 is 11.6 Å². The van der Waals surface area contributed by atoms with Crippen molar-refractivity contribution in [1.82, 2.24) is 0 Å². The lowest BCUT2D eigenvalue weighted by Gasteiger charge is -2.12. The summed E-state index contributed by atoms with van der Waals surface area (Å²) in [6, 6.07) is 29.5. The maximum Gasteiger partial charge on any atom is 0.343 e. The van der Waals surface area contributed by atoms with Gasteiger partial charge in [-0.25, -0.2) is 9.59 Å². The molecule has 5 rings (SSSR count). The van der Waals surface area contributed by atoms with Gasteiger partial charge in [-0.05, 0) is 96.6 Å². The van der Waals surface area contributed by atoms with Crippen LogP contribution in [0, 0.1) is 17.0 Å². The Balaban J connectivity index is 1.07. The first-order chi connectivity index (χ1) is 32.6. The van der Waals surface area contributed by atoms with Gasteiger partial charge >= 0.3 is 17.6 Å². The van der Waals surface area contributed by atoms with Gasteiger partial charge in [-0.15, -0.1) is 0 Å². The molecular formula is C57H66ClNO8. The Morgan fingerprint density at radius 1 is 0.507 bits per heavy atom. The minimum absolute atomic E-state index is 0.0755. The SMILES string of the molecule is CCCCCCCCCCCCOc1ccc(/C=C/c2ccc(C(=O)Oc3cccc(OC(=O)c4ccc(/C=C/c5ccc(OCCCCCCCC)c(Cl)c5)cc4)c3C)cc2)cc1[N+](=O)[O-]. The molecular weight excluding hydrogens is 862 g/mol. The Morgan fingerprint density at radius 3 is 1.34 bits per heavy atom. The van der Waals surface area contributed by atoms with Gasteiger partial charge in [0.15, 0.2) is 5.75 Å². The second-order valence-corrected chi connectivity index (χ2v) is 17.3. The first kappa shape index (κ1) is 51.8. The number of rotatable bonds is 29. The van der Waals surface area contributed by atoms with Crippen LogP contribution in [0.5, 0.6) is 23.0 Å². The fourth-order valence-corrected chi connectivity index (χ4v) is 7.70. The third-order valence-corrected chi connectivity index (χ3v) is 11.8. The van der Waals surface area contributed by atoms with E-state index in [1.807, 2.05) is 48.6 Å². The van der Waals surface area contributed by atoms with Crippen LogP contribution < -0.4 is 18.9 Å². The van der Waals surface area contributed by atoms with Crippen molar-refractivity contribution in [3.05, 3.63) is 157 Å². The summed E-state index contributed by atoms with van der Waals surface area (Å²) in [5.41, 5.74) is 4.35. The molecule has 354 valence electrons. The predicted molar refractivity (Wildman–Crippen MR) is 273 cm³/mol. The number of nitro groups is 1. The number of esters is 2. The Hall–Kier alpha value is -6.19. The zero-order chi connectivity index (χ0) is 47.6. The molecule has 0 saturated heterocycles. The maximum absolute atomic E-state index is 13.2. The third kappa shape index (κ3) is 17.9. The van der Waals surface area contributed by atoms with Crippen LogP contribution in [0.4, 0.5) is 5.69 Å². The second kappa shape index (κ2) is 28.8. The van der Waals surface area contributed by atoms with Crippen LogP contribution in [0.15, 0.2) is 103 Å². The van der Waals surface area contributed by atoms with Gasteiger partial charge in [0.2, 0.25) is 0 Å². The number of ether oxygens (including phenoxy) is 4. The van der Waals surface area contributed by atoms with Crippen LogP contribution in [-0.2, 0) is 0 Å². The summed E-state index contributed by atoms with van der Waals surface area (Å²) in [5, 5.41) is 12.4. The van der Waals surface area contributed by atoms with Gasteiger partial charge in [0.1, 0.15) is 17.2 Å². The molecule has 0 aliphatic heterocycles. The summed E-state index contributed by atoms with van der Waals surface area (Å²) in [6.07, 6.45) is 26.7. The summed E-state index contributed by atoms with van der Waals surface area (Å²) in [6.45, 7) is 7.26. The normalized spacial score (nSPS) is 11.3. The van der Waals surface area contributed by atoms with Crippen molar-refractivity contribution < 1.29 is 33.5 Å². The van der Waals surface area contributed by atoms with E-state index in [0.29, 0.717) is 46.2 Å². The fourth-order valence-electron chi connectivity index (χ4n) is 7.46. The van der Waals surface area contributed by atoms with Crippen LogP contribution in [0.25, 0.3) is 24.3 Å². The molecule has 0 aliphatic rings. The topological polar surface area (TPSA) is 114 Å². The molecule has 0 spiro atoms. The van der Waals surface area contributed by atoms with Crippen molar-refractivity contribution in [2.45, 2.75) is 124 Å². The van der Waals surface area contributed by atoms with Crippen LogP contribution in [0.1, 0.15) is 165 Å². The largest absolute Gasteiger partial charge is 0.492 e. The van der Waals surface area contributed by atoms with Gasteiger partial charge < -0.3 is 18.9 Å². The lowest BCUT2D eigenvalue weighted by molar-refractivity contribution is -0.385. The highest BCUT2D eigenvalue weighted by atomic mass is 35.5. The van der Waals surface area contributed by atoms with E-state index >= 15 is 0 Å². The van der Waals surface area contributed by atoms with Crippen molar-refractivity contribution in [2.24, 2.45) is 0 Å². The van der Waals surface area contributed by atoms with Gasteiger partial charge in [0.25, 0.3) is 0 Å². The van der Waals surface area contributed by atoms with E-state index in [4.69, 9.17) is 30.5 Å². The highest BCUT2D eigenvalue weighted by Crippen LogP contribution is 2.31. The maximum atomic E-state index is 13.2. The number of unbranched alkanes of at least 4 members (excludes halogenated alkanes) is 14. The van der Waals surface area contributed by atoms with E-state index in [0.717, 1.165) is 48.8 Å². The van der Waals surface area contributed by atoms with Crippen LogP contribution in [0.3, 0.4) is 0 Å². The van der Waals surface area contributed by atoms with Crippen molar-refractivity contribution >= 4 is 53.5 Å². The molecule has 0 amide bonds. The zero-order valence-electron chi connectivity index (χ0n) is 39.4. The number of benzene rings is 5. The standard InChI is InChI=1S/C57H66ClNO8/c1-4-6-8-10-12-13-14-15-17-19-40-65-55-38-32-47(42-51(55)59(62)63)26-24-45-29-35-49(36-30-45)57(61)67-53-22-20-21-52(43(53)3)66-56(60)48-33-27-44(28-34-48)23-25-46-31-37-54(50(58)41-46)64-39-18-16-11-9-7-5-2/h20-38,41-42H,4-19,39-40H2,1-3H3/b25-23+,26-24+. The molecule has 10 heteroatoms. The lowest BCUT2D eigenvalue weighted by atomic mass is 10.1. The van der Waals surface area contributed by atoms with E-state index in [1.54, 1.807) is 79.7 Å². The predicted octanol–water partition coefficient (Wildman–Crippen LogP) is 16.4. The average molecular weight is 929 g/mol. The number of carbonyl (C=O) groups is 2. The number of nitro benzene ring substituents is 1. The van der Waals surface area contributed by atoms with E-state index in [9.17, 15) is 19.7 Å². The van der Waals surface area contributed by atoms with Crippen molar-refractivity contribution in [2.75, 3.05) is 13.2 Å². The highest BCUT2D eigenvalue weighted by Gasteiger charge is 2.17. The molecule has 0 saturated carbocycles. The van der Waals surface area contributed by atoms with Gasteiger partial charge in [-0.2, -0.15) is 0 Å². The zero-order valence-corrected chi connectivity index (χ0v) is 40.2. The quantitative estimate of drug-likeness (QED) is 0.0116. The Kier molecular flexibility index (Phi) is 22.2. The van der Waals surface area contributed by atoms with E-state index in [1.165, 1.54) is 76.7 Å². The van der Waals surface area contributed by atoms with Crippen LogP contribution in [-0.4, -0.2) is 30.1 Å². The van der Waals surface area contributed by atoms with Crippen molar-refractivity contribution in [1.29, 1.82) is 0 Å². The summed E-state index contributed by atoms with van der Waals surface area (Å²) in [4.78, 5) is 37.8. The number of halogens is 1. The van der Waals surface area contributed by atoms with Crippen molar-refractivity contribution in [3.63, 3.8) is 0 Å². The Bertz CT molecular complexity index is 2390. The molecule has 5 aromatic carbocycles. The summed E-state index contributed by atoms with van der Waals surface area (Å²) in [5.74, 6) is 0.350. The molecule has 67 heavy (non-hydrogen) atoms. The van der Waals surface area contributed by atoms with Crippen molar-refractivity contribution in [3.8, 4) is 23.0 Å². The molecule has 5 aromatic rings. The Labute approximate surface area is 402 Å². The molecule has 0 fully saturated rings. The fraction of sp³-hybridized carbons (Fsp3) is 0.368. The molecule has 0 heterocycles. The molecule has 0 aromatic heterocycles. The lowest BCUT2D eigenvalue weighted by Crippen LogP contribution is -2.12. The minimum atomic E-state index is -0.579. The summed E-state index contributed by atoms with van der Waals surface area (Å²) < 4.78 is 23.2. The van der Waals surface area contributed by atoms with Gasteiger partial charge in [-0.3, -0.25) is 10.1 Å². The summed E-state index contributed by atoms with van der Waals surface area (Å²) in [7, 11) is 0. The minimum Gasteiger partial charge on any atom is -0.492 e. The number of hydrogen-bond acceptors (Lipinski definition) is 8. The number of nitrogens with zero attached hydrogens (tertiary/aromatic N) is 1. The van der Waals surface area contributed by atoms with Crippen LogP contribution in [0.2, 0.25) is 5.02 Å². The van der Waals surface area contributed by atoms with E-state index in [-0.39, 0.29) is 22.9 Å². The average Bonchev–Trinajstić information content (AvgIpc) is 3.33. The van der Waals surface area contributed by atoms with Gasteiger partial charge in [0, 0.05) is 11.6 Å². The molecule has 0 radical (unpaired) electrons.